The van der Waals surface area contributed by atoms with Crippen LogP contribution in [0.4, 0.5) is 4.39 Å². The Morgan fingerprint density at radius 3 is 2.40 bits per heavy atom. The van der Waals surface area contributed by atoms with Crippen molar-refractivity contribution in [2.75, 3.05) is 0 Å². The zero-order valence-electron chi connectivity index (χ0n) is 15.6. The zero-order chi connectivity index (χ0) is 20.5. The Hall–Kier alpha value is -4.33. The molecule has 5 aromatic rings. The minimum atomic E-state index is -0.485. The van der Waals surface area contributed by atoms with Gasteiger partial charge in [-0.2, -0.15) is 15.3 Å². The highest BCUT2D eigenvalue weighted by molar-refractivity contribution is 5.57. The summed E-state index contributed by atoms with van der Waals surface area (Å²) in [6.07, 6.45) is 6.40. The van der Waals surface area contributed by atoms with Crippen LogP contribution in [0.25, 0.3) is 28.5 Å². The van der Waals surface area contributed by atoms with Gasteiger partial charge < -0.3 is 0 Å². The lowest BCUT2D eigenvalue weighted by Gasteiger charge is -2.11. The summed E-state index contributed by atoms with van der Waals surface area (Å²) in [7, 11) is 0. The SMILES string of the molecule is O=c1ccn(-c2ccc(-n3cccn3)cc2F)nc1-c1ccnn1-c1ccccc1. The second-order valence-corrected chi connectivity index (χ2v) is 6.52. The van der Waals surface area contributed by atoms with Gasteiger partial charge in [0.1, 0.15) is 5.69 Å². The molecule has 0 atom stereocenters. The Kier molecular flexibility index (Phi) is 4.29. The van der Waals surface area contributed by atoms with Crippen molar-refractivity contribution in [2.24, 2.45) is 0 Å². The predicted octanol–water partition coefficient (Wildman–Crippen LogP) is 3.41. The van der Waals surface area contributed by atoms with E-state index in [9.17, 15) is 9.18 Å². The number of halogens is 1. The molecule has 0 aliphatic rings. The van der Waals surface area contributed by atoms with E-state index in [1.807, 2.05) is 30.3 Å². The van der Waals surface area contributed by atoms with Gasteiger partial charge >= 0.3 is 0 Å². The summed E-state index contributed by atoms with van der Waals surface area (Å²) in [6.45, 7) is 0. The lowest BCUT2D eigenvalue weighted by Crippen LogP contribution is -2.15. The van der Waals surface area contributed by atoms with E-state index in [0.29, 0.717) is 11.4 Å². The molecule has 3 aromatic heterocycles. The first kappa shape index (κ1) is 17.7. The van der Waals surface area contributed by atoms with Crippen LogP contribution in [0, 0.1) is 5.82 Å². The van der Waals surface area contributed by atoms with E-state index in [2.05, 4.69) is 15.3 Å². The van der Waals surface area contributed by atoms with Crippen LogP contribution in [0.5, 0.6) is 0 Å². The Labute approximate surface area is 170 Å². The molecule has 0 N–H and O–H groups in total. The summed E-state index contributed by atoms with van der Waals surface area (Å²) in [5.74, 6) is -0.485. The van der Waals surface area contributed by atoms with E-state index in [0.717, 1.165) is 5.69 Å². The summed E-state index contributed by atoms with van der Waals surface area (Å²) in [4.78, 5) is 12.6. The molecule has 7 nitrogen and oxygen atoms in total. The molecule has 8 heteroatoms. The molecule has 0 radical (unpaired) electrons. The maximum absolute atomic E-state index is 14.8. The van der Waals surface area contributed by atoms with Crippen molar-refractivity contribution in [1.29, 1.82) is 0 Å². The molecule has 0 aliphatic heterocycles. The van der Waals surface area contributed by atoms with Crippen LogP contribution in [0.2, 0.25) is 0 Å². The zero-order valence-corrected chi connectivity index (χ0v) is 15.6. The number of para-hydroxylation sites is 1. The van der Waals surface area contributed by atoms with Gasteiger partial charge in [-0.15, -0.1) is 0 Å². The molecular formula is C22H15FN6O. The van der Waals surface area contributed by atoms with Gasteiger partial charge in [-0.1, -0.05) is 18.2 Å². The fourth-order valence-electron chi connectivity index (χ4n) is 3.22. The highest BCUT2D eigenvalue weighted by atomic mass is 19.1. The summed E-state index contributed by atoms with van der Waals surface area (Å²) in [6, 6.07) is 19.0. The third kappa shape index (κ3) is 3.10. The molecule has 2 aromatic carbocycles. The van der Waals surface area contributed by atoms with E-state index in [1.54, 1.807) is 52.2 Å². The molecule has 0 unspecified atom stereocenters. The maximum atomic E-state index is 14.8. The minimum Gasteiger partial charge on any atom is -0.287 e. The van der Waals surface area contributed by atoms with Gasteiger partial charge in [-0.3, -0.25) is 4.79 Å². The quantitative estimate of drug-likeness (QED) is 0.465. The van der Waals surface area contributed by atoms with Crippen molar-refractivity contribution < 1.29 is 4.39 Å². The normalized spacial score (nSPS) is 11.0. The second kappa shape index (κ2) is 7.25. The number of aromatic nitrogens is 6. The average molecular weight is 398 g/mol. The van der Waals surface area contributed by atoms with Crippen LogP contribution >= 0.6 is 0 Å². The van der Waals surface area contributed by atoms with Crippen LogP contribution in [0.15, 0.2) is 96.3 Å². The fraction of sp³-hybridized carbons (Fsp3) is 0. The van der Waals surface area contributed by atoms with Crippen LogP contribution in [0.1, 0.15) is 0 Å². The average Bonchev–Trinajstić information content (AvgIpc) is 3.47. The molecule has 5 rings (SSSR count). The molecule has 0 saturated carbocycles. The van der Waals surface area contributed by atoms with Crippen molar-refractivity contribution in [3.8, 4) is 28.5 Å². The third-order valence-corrected chi connectivity index (χ3v) is 4.64. The van der Waals surface area contributed by atoms with Crippen LogP contribution in [-0.4, -0.2) is 29.3 Å². The first-order valence-corrected chi connectivity index (χ1v) is 9.20. The first-order chi connectivity index (χ1) is 14.7. The molecule has 146 valence electrons. The molecule has 0 spiro atoms. The Balaban J connectivity index is 1.59. The largest absolute Gasteiger partial charge is 0.287 e. The topological polar surface area (TPSA) is 70.5 Å². The molecule has 30 heavy (non-hydrogen) atoms. The molecule has 3 heterocycles. The van der Waals surface area contributed by atoms with E-state index >= 15 is 0 Å². The van der Waals surface area contributed by atoms with Crippen molar-refractivity contribution >= 4 is 0 Å². The van der Waals surface area contributed by atoms with Gasteiger partial charge in [0.15, 0.2) is 11.5 Å². The highest BCUT2D eigenvalue weighted by Gasteiger charge is 2.15. The maximum Gasteiger partial charge on any atom is 0.209 e. The second-order valence-electron chi connectivity index (χ2n) is 6.52. The Morgan fingerprint density at radius 1 is 0.767 bits per heavy atom. The minimum absolute atomic E-state index is 0.175. The first-order valence-electron chi connectivity index (χ1n) is 9.20. The van der Waals surface area contributed by atoms with Crippen molar-refractivity contribution in [3.63, 3.8) is 0 Å². The van der Waals surface area contributed by atoms with Gasteiger partial charge in [0.05, 0.1) is 23.3 Å². The monoisotopic (exact) mass is 398 g/mol. The number of nitrogens with zero attached hydrogens (tertiary/aromatic N) is 6. The summed E-state index contributed by atoms with van der Waals surface area (Å²) in [5, 5.41) is 12.8. The van der Waals surface area contributed by atoms with Gasteiger partial charge in [0.25, 0.3) is 0 Å². The van der Waals surface area contributed by atoms with Gasteiger partial charge in [0.2, 0.25) is 5.43 Å². The summed E-state index contributed by atoms with van der Waals surface area (Å²) >= 11 is 0. The number of rotatable bonds is 4. The number of hydrogen-bond acceptors (Lipinski definition) is 4. The molecular weight excluding hydrogens is 383 g/mol. The fourth-order valence-corrected chi connectivity index (χ4v) is 3.22. The lowest BCUT2D eigenvalue weighted by atomic mass is 10.2. The predicted molar refractivity (Wildman–Crippen MR) is 109 cm³/mol. The smallest absolute Gasteiger partial charge is 0.209 e. The Morgan fingerprint density at radius 2 is 1.63 bits per heavy atom. The van der Waals surface area contributed by atoms with Gasteiger partial charge in [-0.05, 0) is 36.4 Å². The van der Waals surface area contributed by atoms with E-state index < -0.39 is 5.82 Å². The van der Waals surface area contributed by atoms with E-state index in [1.165, 1.54) is 23.0 Å². The molecule has 0 fully saturated rings. The van der Waals surface area contributed by atoms with E-state index in [4.69, 9.17) is 0 Å². The molecule has 0 aliphatic carbocycles. The van der Waals surface area contributed by atoms with Crippen LogP contribution < -0.4 is 5.43 Å². The summed E-state index contributed by atoms with van der Waals surface area (Å²) in [5.41, 5.74) is 2.02. The highest BCUT2D eigenvalue weighted by Crippen LogP contribution is 2.20. The Bertz CT molecular complexity index is 1370. The molecule has 0 bridgehead atoms. The van der Waals surface area contributed by atoms with Crippen molar-refractivity contribution in [2.45, 2.75) is 0 Å². The van der Waals surface area contributed by atoms with Gasteiger partial charge in [-0.25, -0.2) is 18.4 Å². The number of hydrogen-bond donors (Lipinski definition) is 0. The molecule has 0 saturated heterocycles. The molecule has 0 amide bonds. The van der Waals surface area contributed by atoms with Crippen LogP contribution in [-0.2, 0) is 0 Å². The number of benzene rings is 2. The third-order valence-electron chi connectivity index (χ3n) is 4.64. The van der Waals surface area contributed by atoms with Crippen molar-refractivity contribution in [1.82, 2.24) is 29.3 Å². The van der Waals surface area contributed by atoms with Crippen LogP contribution in [0.3, 0.4) is 0 Å². The standard InChI is InChI=1S/C22H15FN6O/c23-18-15-17(27-13-4-11-24-27)7-8-19(18)28-14-10-21(30)22(26-28)20-9-12-25-29(20)16-5-2-1-3-6-16/h1-15H. The van der Waals surface area contributed by atoms with E-state index in [-0.39, 0.29) is 16.8 Å². The van der Waals surface area contributed by atoms with Gasteiger partial charge in [0, 0.05) is 30.7 Å². The lowest BCUT2D eigenvalue weighted by molar-refractivity contribution is 0.606. The van der Waals surface area contributed by atoms with Crippen molar-refractivity contribution in [3.05, 3.63) is 108 Å². The summed E-state index contributed by atoms with van der Waals surface area (Å²) < 4.78 is 19.4.